The molecule has 0 atom stereocenters. The third kappa shape index (κ3) is 3.89. The number of methoxy groups -OCH3 is 1. The zero-order chi connectivity index (χ0) is 20.5. The van der Waals surface area contributed by atoms with Crippen LogP contribution in [0, 0.1) is 5.92 Å². The topological polar surface area (TPSA) is 65.2 Å². The van der Waals surface area contributed by atoms with E-state index in [1.807, 2.05) is 46.2 Å². The largest absolute Gasteiger partial charge is 0.380 e. The average Bonchev–Trinajstić information content (AvgIpc) is 3.37. The van der Waals surface area contributed by atoms with Gasteiger partial charge in [-0.2, -0.15) is 5.10 Å². The van der Waals surface area contributed by atoms with Crippen LogP contribution in [0.1, 0.15) is 34.6 Å². The summed E-state index contributed by atoms with van der Waals surface area (Å²) in [7, 11) is 1.67. The van der Waals surface area contributed by atoms with Crippen LogP contribution in [0.15, 0.2) is 42.9 Å². The molecule has 7 heteroatoms. The van der Waals surface area contributed by atoms with Crippen LogP contribution in [0.2, 0.25) is 0 Å². The van der Waals surface area contributed by atoms with Gasteiger partial charge in [0.2, 0.25) is 0 Å². The van der Waals surface area contributed by atoms with Crippen LogP contribution >= 0.6 is 0 Å². The monoisotopic (exact) mass is 405 g/mol. The van der Waals surface area contributed by atoms with Gasteiger partial charge >= 0.3 is 0 Å². The molecule has 0 unspecified atom stereocenters. The van der Waals surface area contributed by atoms with Crippen molar-refractivity contribution in [2.45, 2.75) is 39.0 Å². The predicted octanol–water partition coefficient (Wildman–Crippen LogP) is 3.00. The second-order valence-electron chi connectivity index (χ2n) is 8.28. The third-order valence-electron chi connectivity index (χ3n) is 6.01. The summed E-state index contributed by atoms with van der Waals surface area (Å²) in [6.45, 7) is 3.65. The maximum atomic E-state index is 13.0. The van der Waals surface area contributed by atoms with E-state index in [2.05, 4.69) is 20.8 Å². The maximum Gasteiger partial charge on any atom is 0.253 e. The summed E-state index contributed by atoms with van der Waals surface area (Å²) in [5.41, 5.74) is 3.97. The number of ether oxygens (including phenoxy) is 1. The Labute approximate surface area is 176 Å². The summed E-state index contributed by atoms with van der Waals surface area (Å²) in [6, 6.07) is 7.69. The van der Waals surface area contributed by atoms with E-state index < -0.39 is 0 Å². The molecule has 0 bridgehead atoms. The van der Waals surface area contributed by atoms with Gasteiger partial charge in [0, 0.05) is 57.0 Å². The van der Waals surface area contributed by atoms with Crippen molar-refractivity contribution in [3.63, 3.8) is 0 Å². The fraction of sp³-hybridized carbons (Fsp3) is 0.435. The lowest BCUT2D eigenvalue weighted by Gasteiger charge is -2.20. The van der Waals surface area contributed by atoms with Gasteiger partial charge in [0.05, 0.1) is 24.7 Å². The number of aromatic nitrogens is 4. The van der Waals surface area contributed by atoms with Gasteiger partial charge in [-0.3, -0.25) is 9.48 Å². The molecule has 0 radical (unpaired) electrons. The molecule has 7 nitrogen and oxygen atoms in total. The van der Waals surface area contributed by atoms with E-state index in [1.165, 1.54) is 12.8 Å². The van der Waals surface area contributed by atoms with Crippen LogP contribution in [0.3, 0.4) is 0 Å². The number of amides is 1. The minimum atomic E-state index is 0.0727. The van der Waals surface area contributed by atoms with Crippen LogP contribution in [-0.2, 0) is 30.9 Å². The zero-order valence-corrected chi connectivity index (χ0v) is 17.3. The molecule has 0 N–H and O–H groups in total. The Kier molecular flexibility index (Phi) is 5.12. The molecule has 2 aromatic heterocycles. The van der Waals surface area contributed by atoms with Crippen molar-refractivity contribution in [1.29, 1.82) is 0 Å². The molecule has 2 aliphatic rings. The van der Waals surface area contributed by atoms with Gasteiger partial charge in [0.1, 0.15) is 5.82 Å². The van der Waals surface area contributed by atoms with E-state index >= 15 is 0 Å². The first-order valence-electron chi connectivity index (χ1n) is 10.7. The standard InChI is InChI=1S/C23H27N5O2/c1-30-16-18-4-6-19(7-5-18)23(29)26-9-8-22-24-13-21(28(22)11-10-26)20-12-25-27(15-20)14-17-2-3-17/h4-7,12-13,15,17H,2-3,8-11,14,16H2,1H3. The number of imidazole rings is 1. The Balaban J connectivity index is 1.29. The normalized spacial score (nSPS) is 16.4. The first-order valence-corrected chi connectivity index (χ1v) is 10.7. The van der Waals surface area contributed by atoms with Crippen LogP contribution in [0.5, 0.6) is 0 Å². The van der Waals surface area contributed by atoms with Crippen LogP contribution in [0.25, 0.3) is 11.3 Å². The molecular formula is C23H27N5O2. The molecule has 1 aromatic carbocycles. The number of fused-ring (bicyclic) bond motifs is 1. The van der Waals surface area contributed by atoms with Gasteiger partial charge in [-0.1, -0.05) is 12.1 Å². The van der Waals surface area contributed by atoms with Gasteiger partial charge in [-0.15, -0.1) is 0 Å². The minimum absolute atomic E-state index is 0.0727. The zero-order valence-electron chi connectivity index (χ0n) is 17.3. The highest BCUT2D eigenvalue weighted by atomic mass is 16.5. The van der Waals surface area contributed by atoms with Crippen molar-refractivity contribution in [2.24, 2.45) is 5.92 Å². The Hall–Kier alpha value is -2.93. The number of hydrogen-bond acceptors (Lipinski definition) is 4. The lowest BCUT2D eigenvalue weighted by Crippen LogP contribution is -2.33. The smallest absolute Gasteiger partial charge is 0.253 e. The highest BCUT2D eigenvalue weighted by Crippen LogP contribution is 2.31. The lowest BCUT2D eigenvalue weighted by molar-refractivity contribution is 0.0759. The quantitative estimate of drug-likeness (QED) is 0.632. The molecule has 3 heterocycles. The fourth-order valence-electron chi connectivity index (χ4n) is 4.12. The van der Waals surface area contributed by atoms with Gasteiger partial charge in [-0.05, 0) is 36.5 Å². The van der Waals surface area contributed by atoms with E-state index in [0.717, 1.165) is 53.6 Å². The van der Waals surface area contributed by atoms with Crippen LogP contribution in [0.4, 0.5) is 0 Å². The molecule has 30 heavy (non-hydrogen) atoms. The molecule has 5 rings (SSSR count). The molecule has 0 spiro atoms. The van der Waals surface area contributed by atoms with Gasteiger partial charge in [-0.25, -0.2) is 4.98 Å². The molecular weight excluding hydrogens is 378 g/mol. The molecule has 1 aliphatic carbocycles. The molecule has 3 aromatic rings. The van der Waals surface area contributed by atoms with Gasteiger partial charge in [0.15, 0.2) is 0 Å². The minimum Gasteiger partial charge on any atom is -0.380 e. The highest BCUT2D eigenvalue weighted by Gasteiger charge is 2.24. The predicted molar refractivity (Wildman–Crippen MR) is 113 cm³/mol. The van der Waals surface area contributed by atoms with E-state index in [0.29, 0.717) is 19.7 Å². The Bertz CT molecular complexity index is 1030. The number of nitrogens with zero attached hydrogens (tertiary/aromatic N) is 5. The second-order valence-corrected chi connectivity index (χ2v) is 8.28. The molecule has 156 valence electrons. The molecule has 1 aliphatic heterocycles. The Morgan fingerprint density at radius 1 is 1.13 bits per heavy atom. The molecule has 1 amide bonds. The summed E-state index contributed by atoms with van der Waals surface area (Å²) in [5, 5.41) is 4.53. The number of benzene rings is 1. The van der Waals surface area contributed by atoms with Gasteiger partial charge < -0.3 is 14.2 Å². The Morgan fingerprint density at radius 2 is 1.97 bits per heavy atom. The Morgan fingerprint density at radius 3 is 2.73 bits per heavy atom. The second kappa shape index (κ2) is 8.07. The SMILES string of the molecule is COCc1ccc(C(=O)N2CCc3ncc(-c4cnn(CC5CC5)c4)n3CC2)cc1. The number of carbonyl (C=O) groups is 1. The molecule has 1 fully saturated rings. The number of hydrogen-bond donors (Lipinski definition) is 0. The summed E-state index contributed by atoms with van der Waals surface area (Å²) in [5.74, 6) is 1.90. The van der Waals surface area contributed by atoms with Crippen molar-refractivity contribution < 1.29 is 9.53 Å². The number of rotatable bonds is 6. The fourth-order valence-corrected chi connectivity index (χ4v) is 4.12. The van der Waals surface area contributed by atoms with Crippen LogP contribution in [-0.4, -0.2) is 50.3 Å². The molecule has 0 saturated heterocycles. The van der Waals surface area contributed by atoms with Gasteiger partial charge in [0.25, 0.3) is 5.91 Å². The number of carbonyl (C=O) groups excluding carboxylic acids is 1. The first kappa shape index (κ1) is 19.1. The highest BCUT2D eigenvalue weighted by molar-refractivity contribution is 5.94. The van der Waals surface area contributed by atoms with E-state index in [-0.39, 0.29) is 5.91 Å². The van der Waals surface area contributed by atoms with Crippen molar-refractivity contribution >= 4 is 5.91 Å². The summed E-state index contributed by atoms with van der Waals surface area (Å²) in [4.78, 5) is 19.6. The lowest BCUT2D eigenvalue weighted by atomic mass is 10.1. The summed E-state index contributed by atoms with van der Waals surface area (Å²) in [6.07, 6.45) is 9.38. The van der Waals surface area contributed by atoms with Crippen molar-refractivity contribution in [3.05, 3.63) is 59.8 Å². The van der Waals surface area contributed by atoms with Crippen molar-refractivity contribution in [3.8, 4) is 11.3 Å². The maximum absolute atomic E-state index is 13.0. The van der Waals surface area contributed by atoms with Crippen LogP contribution < -0.4 is 0 Å². The van der Waals surface area contributed by atoms with E-state index in [1.54, 1.807) is 7.11 Å². The first-order chi connectivity index (χ1) is 14.7. The van der Waals surface area contributed by atoms with Crippen molar-refractivity contribution in [1.82, 2.24) is 24.2 Å². The van der Waals surface area contributed by atoms with E-state index in [4.69, 9.17) is 4.74 Å². The molecule has 1 saturated carbocycles. The van der Waals surface area contributed by atoms with E-state index in [9.17, 15) is 4.79 Å². The summed E-state index contributed by atoms with van der Waals surface area (Å²) >= 11 is 0. The average molecular weight is 406 g/mol. The third-order valence-corrected chi connectivity index (χ3v) is 6.01. The summed E-state index contributed by atoms with van der Waals surface area (Å²) < 4.78 is 9.44. The van der Waals surface area contributed by atoms with Crippen molar-refractivity contribution in [2.75, 3.05) is 20.2 Å².